The number of ether oxygens (including phenoxy) is 2. The molecule has 212 valence electrons. The van der Waals surface area contributed by atoms with E-state index in [0.29, 0.717) is 38.3 Å². The predicted molar refractivity (Wildman–Crippen MR) is 168 cm³/mol. The topological polar surface area (TPSA) is 68.5 Å². The first kappa shape index (κ1) is 30.0. The molecule has 3 rings (SSSR count). The quantitative estimate of drug-likeness (QED) is 0.222. The first-order valence-electron chi connectivity index (χ1n) is 13.3. The molecule has 0 fully saturated rings. The Morgan fingerprint density at radius 1 is 0.650 bits per heavy atom. The van der Waals surface area contributed by atoms with Crippen molar-refractivity contribution in [2.24, 2.45) is 15.0 Å². The van der Waals surface area contributed by atoms with Crippen LogP contribution in [0.3, 0.4) is 0 Å². The van der Waals surface area contributed by atoms with E-state index >= 15 is 0 Å². The van der Waals surface area contributed by atoms with Crippen molar-refractivity contribution in [2.75, 3.05) is 83.3 Å². The van der Waals surface area contributed by atoms with Crippen molar-refractivity contribution in [3.8, 4) is 0 Å². The summed E-state index contributed by atoms with van der Waals surface area (Å²) in [4.78, 5) is 22.0. The Kier molecular flexibility index (Phi) is 11.8. The second kappa shape index (κ2) is 15.8. The van der Waals surface area contributed by atoms with Crippen LogP contribution >= 0.6 is 0 Å². The molecule has 0 amide bonds. The number of guanidine groups is 1. The van der Waals surface area contributed by atoms with Gasteiger partial charge in [0.05, 0.1) is 20.2 Å². The highest BCUT2D eigenvalue weighted by atomic mass is 16.5. The van der Waals surface area contributed by atoms with Crippen molar-refractivity contribution in [1.29, 1.82) is 0 Å². The summed E-state index contributed by atoms with van der Waals surface area (Å²) >= 11 is 0. The lowest BCUT2D eigenvalue weighted by molar-refractivity contribution is 0.263. The fraction of sp³-hybridized carbons (Fsp3) is 0.323. The van der Waals surface area contributed by atoms with Crippen LogP contribution in [0.5, 0.6) is 0 Å². The molecule has 0 aliphatic rings. The number of hydrogen-bond acceptors (Lipinski definition) is 5. The molecule has 0 bridgehead atoms. The summed E-state index contributed by atoms with van der Waals surface area (Å²) in [5.41, 5.74) is 3.09. The van der Waals surface area contributed by atoms with Gasteiger partial charge in [-0.1, -0.05) is 54.6 Å². The molecule has 9 heteroatoms. The van der Waals surface area contributed by atoms with Crippen LogP contribution in [0.2, 0.25) is 0 Å². The summed E-state index contributed by atoms with van der Waals surface area (Å²) in [6, 6.07) is 31.4. The van der Waals surface area contributed by atoms with Gasteiger partial charge >= 0.3 is 0 Å². The van der Waals surface area contributed by atoms with Gasteiger partial charge in [0.1, 0.15) is 6.61 Å². The van der Waals surface area contributed by atoms with Gasteiger partial charge in [0.15, 0.2) is 0 Å². The molecular formula is C31H41N7O2. The number of nitrogens with zero attached hydrogens (tertiary/aromatic N) is 7. The van der Waals surface area contributed by atoms with E-state index in [1.807, 2.05) is 112 Å². The number of rotatable bonds is 9. The molecule has 0 aliphatic carbocycles. The molecule has 3 aromatic carbocycles. The molecule has 0 unspecified atom stereocenters. The van der Waals surface area contributed by atoms with Crippen molar-refractivity contribution < 1.29 is 9.47 Å². The number of methoxy groups -OCH3 is 1. The Balaban J connectivity index is 1.67. The van der Waals surface area contributed by atoms with Crippen LogP contribution in [0, 0.1) is 0 Å². The molecule has 0 saturated heterocycles. The minimum Gasteiger partial charge on any atom is -0.468 e. The van der Waals surface area contributed by atoms with Crippen LogP contribution in [-0.4, -0.2) is 91.5 Å². The van der Waals surface area contributed by atoms with Crippen LogP contribution in [0.1, 0.15) is 0 Å². The minimum atomic E-state index is 0.368. The summed E-state index contributed by atoms with van der Waals surface area (Å²) in [6.45, 7) is 1.92. The number of amidine groups is 2. The Bertz CT molecular complexity index is 1230. The third-order valence-electron chi connectivity index (χ3n) is 6.09. The van der Waals surface area contributed by atoms with E-state index in [-0.39, 0.29) is 0 Å². The minimum absolute atomic E-state index is 0.368. The molecule has 0 aliphatic heterocycles. The maximum atomic E-state index is 6.01. The second-order valence-electron chi connectivity index (χ2n) is 9.08. The highest BCUT2D eigenvalue weighted by Gasteiger charge is 2.18. The number of hydrogen-bond donors (Lipinski definition) is 0. The van der Waals surface area contributed by atoms with E-state index in [1.54, 1.807) is 7.11 Å². The number of aliphatic imine (C=N–C) groups is 3. The zero-order chi connectivity index (χ0) is 28.7. The zero-order valence-corrected chi connectivity index (χ0v) is 24.4. The fourth-order valence-electron chi connectivity index (χ4n) is 4.08. The third kappa shape index (κ3) is 8.49. The van der Waals surface area contributed by atoms with Crippen LogP contribution in [-0.2, 0) is 9.47 Å². The summed E-state index contributed by atoms with van der Waals surface area (Å²) in [7, 11) is 11.2. The monoisotopic (exact) mass is 543 g/mol. The molecule has 0 aromatic heterocycles. The first-order chi connectivity index (χ1) is 19.5. The Hall–Kier alpha value is -4.53. The lowest BCUT2D eigenvalue weighted by atomic mass is 10.2. The lowest BCUT2D eigenvalue weighted by Gasteiger charge is -2.32. The van der Waals surface area contributed by atoms with E-state index in [2.05, 4.69) is 44.1 Å². The molecule has 9 nitrogen and oxygen atoms in total. The van der Waals surface area contributed by atoms with Gasteiger partial charge in [-0.3, -0.25) is 9.89 Å². The maximum absolute atomic E-state index is 6.01. The zero-order valence-electron chi connectivity index (χ0n) is 24.4. The maximum Gasteiger partial charge on any atom is 0.291 e. The van der Waals surface area contributed by atoms with Crippen molar-refractivity contribution >= 4 is 35.1 Å². The van der Waals surface area contributed by atoms with Crippen LogP contribution in [0.25, 0.3) is 0 Å². The van der Waals surface area contributed by atoms with E-state index in [1.165, 1.54) is 0 Å². The van der Waals surface area contributed by atoms with E-state index in [4.69, 9.17) is 14.5 Å². The van der Waals surface area contributed by atoms with Crippen molar-refractivity contribution in [2.45, 2.75) is 0 Å². The molecule has 3 aromatic rings. The fourth-order valence-corrected chi connectivity index (χ4v) is 4.08. The largest absolute Gasteiger partial charge is 0.468 e. The van der Waals surface area contributed by atoms with Crippen LogP contribution in [0.15, 0.2) is 106 Å². The normalized spacial score (nSPS) is 12.1. The third-order valence-corrected chi connectivity index (χ3v) is 6.09. The molecule has 0 spiro atoms. The summed E-state index contributed by atoms with van der Waals surface area (Å²) in [5, 5.41) is 0. The number of para-hydroxylation sites is 3. The SMILES string of the molecule is C/N=C(/N(C)c1ccccc1)N(CC/N=C(\OCC/N=C(\OC)N(C)c1ccccc1)N(C)C)c1ccccc1. The van der Waals surface area contributed by atoms with Gasteiger partial charge in [0.2, 0.25) is 5.96 Å². The summed E-state index contributed by atoms with van der Waals surface area (Å²) in [5.74, 6) is 0.823. The van der Waals surface area contributed by atoms with Crippen LogP contribution in [0.4, 0.5) is 17.1 Å². The van der Waals surface area contributed by atoms with E-state index < -0.39 is 0 Å². The molecule has 0 saturated carbocycles. The Labute approximate surface area is 238 Å². The standard InChI is InChI=1S/C31H41N7O2/c1-32-29(36(4)26-16-10-7-11-17-26)38(28-20-14-9-15-21-28)24-22-33-30(35(2)3)40-25-23-34-31(39-6)37(5)27-18-12-8-13-19-27/h7-21H,22-25H2,1-6H3/b32-29-,33-30-,34-31-. The van der Waals surface area contributed by atoms with Gasteiger partial charge in [0, 0.05) is 58.8 Å². The molecular weight excluding hydrogens is 502 g/mol. The smallest absolute Gasteiger partial charge is 0.291 e. The van der Waals surface area contributed by atoms with E-state index in [9.17, 15) is 0 Å². The van der Waals surface area contributed by atoms with Gasteiger partial charge in [-0.2, -0.15) is 0 Å². The van der Waals surface area contributed by atoms with Gasteiger partial charge in [-0.05, 0) is 36.4 Å². The van der Waals surface area contributed by atoms with Crippen molar-refractivity contribution in [1.82, 2.24) is 4.90 Å². The molecule has 0 N–H and O–H groups in total. The first-order valence-corrected chi connectivity index (χ1v) is 13.3. The van der Waals surface area contributed by atoms with Gasteiger partial charge in [-0.15, -0.1) is 0 Å². The average molecular weight is 544 g/mol. The van der Waals surface area contributed by atoms with Gasteiger partial charge in [0.25, 0.3) is 12.0 Å². The highest BCUT2D eigenvalue weighted by Crippen LogP contribution is 2.19. The summed E-state index contributed by atoms with van der Waals surface area (Å²) < 4.78 is 11.5. The van der Waals surface area contributed by atoms with Crippen molar-refractivity contribution in [3.63, 3.8) is 0 Å². The Morgan fingerprint density at radius 2 is 1.15 bits per heavy atom. The highest BCUT2D eigenvalue weighted by molar-refractivity contribution is 6.06. The number of anilines is 3. The second-order valence-corrected chi connectivity index (χ2v) is 9.08. The lowest BCUT2D eigenvalue weighted by Crippen LogP contribution is -2.44. The van der Waals surface area contributed by atoms with E-state index in [0.717, 1.165) is 23.0 Å². The number of benzene rings is 3. The predicted octanol–water partition coefficient (Wildman–Crippen LogP) is 4.69. The van der Waals surface area contributed by atoms with Gasteiger partial charge in [-0.25, -0.2) is 9.98 Å². The molecule has 0 heterocycles. The van der Waals surface area contributed by atoms with Gasteiger partial charge < -0.3 is 24.2 Å². The van der Waals surface area contributed by atoms with Crippen LogP contribution < -0.4 is 14.7 Å². The van der Waals surface area contributed by atoms with Crippen molar-refractivity contribution in [3.05, 3.63) is 91.0 Å². The average Bonchev–Trinajstić information content (AvgIpc) is 3.00. The molecule has 40 heavy (non-hydrogen) atoms. The summed E-state index contributed by atoms with van der Waals surface area (Å²) in [6.07, 6.45) is 0. The Morgan fingerprint density at radius 3 is 1.65 bits per heavy atom. The molecule has 0 atom stereocenters. The molecule has 0 radical (unpaired) electrons.